The first-order valence-electron chi connectivity index (χ1n) is 8.02. The number of halogens is 2. The van der Waals surface area contributed by atoms with E-state index in [2.05, 4.69) is 19.8 Å². The first-order valence-corrected chi connectivity index (χ1v) is 8.84. The topological polar surface area (TPSA) is 82.5 Å². The number of fused-ring (bicyclic) bond motifs is 2. The van der Waals surface area contributed by atoms with Gasteiger partial charge in [0.15, 0.2) is 11.5 Å². The van der Waals surface area contributed by atoms with Crippen LogP contribution in [0.25, 0.3) is 10.2 Å². The van der Waals surface area contributed by atoms with E-state index in [4.69, 9.17) is 0 Å². The number of hydrogen-bond donors (Lipinski definition) is 1. The van der Waals surface area contributed by atoms with Crippen LogP contribution >= 0.6 is 11.3 Å². The van der Waals surface area contributed by atoms with Crippen molar-refractivity contribution in [2.45, 2.75) is 26.2 Å². The van der Waals surface area contributed by atoms with Gasteiger partial charge in [-0.25, -0.2) is 4.98 Å². The van der Waals surface area contributed by atoms with Crippen molar-refractivity contribution in [2.24, 2.45) is 0 Å². The lowest BCUT2D eigenvalue weighted by Crippen LogP contribution is -2.27. The highest BCUT2D eigenvalue weighted by molar-refractivity contribution is 7.18. The van der Waals surface area contributed by atoms with Crippen LogP contribution in [0.4, 0.5) is 14.5 Å². The van der Waals surface area contributed by atoms with E-state index in [1.54, 1.807) is 6.07 Å². The van der Waals surface area contributed by atoms with Gasteiger partial charge in [0, 0.05) is 16.6 Å². The van der Waals surface area contributed by atoms with Crippen LogP contribution in [0.3, 0.4) is 0 Å². The maximum Gasteiger partial charge on any atom is 0.586 e. The Hall–Kier alpha value is -3.01. The largest absolute Gasteiger partial charge is 0.586 e. The molecule has 4 rings (SSSR count). The molecule has 2 aromatic heterocycles. The molecule has 0 radical (unpaired) electrons. The second kappa shape index (κ2) is 6.31. The van der Waals surface area contributed by atoms with Crippen molar-refractivity contribution in [3.05, 3.63) is 45.8 Å². The van der Waals surface area contributed by atoms with E-state index in [1.165, 1.54) is 40.4 Å². The van der Waals surface area contributed by atoms with Crippen LogP contribution < -0.4 is 20.3 Å². The molecule has 0 bridgehead atoms. The van der Waals surface area contributed by atoms with Gasteiger partial charge in [0.25, 0.3) is 5.56 Å². The van der Waals surface area contributed by atoms with Gasteiger partial charge in [-0.3, -0.25) is 14.2 Å². The summed E-state index contributed by atoms with van der Waals surface area (Å²) in [5, 5.41) is 3.00. The molecule has 1 aromatic carbocycles. The van der Waals surface area contributed by atoms with Gasteiger partial charge in [0.2, 0.25) is 5.91 Å². The van der Waals surface area contributed by atoms with Gasteiger partial charge < -0.3 is 14.8 Å². The van der Waals surface area contributed by atoms with Gasteiger partial charge in [-0.05, 0) is 24.6 Å². The molecule has 7 nitrogen and oxygen atoms in total. The first kappa shape index (κ1) is 17.4. The Kier molecular flexibility index (Phi) is 4.06. The normalized spacial score (nSPS) is 14.5. The average Bonchev–Trinajstić information content (AvgIpc) is 3.16. The number of nitrogens with zero attached hydrogens (tertiary/aromatic N) is 2. The number of nitrogens with one attached hydrogen (secondary N) is 1. The van der Waals surface area contributed by atoms with Crippen molar-refractivity contribution >= 4 is 33.1 Å². The fourth-order valence-corrected chi connectivity index (χ4v) is 3.60. The lowest BCUT2D eigenvalue weighted by Gasteiger charge is -2.07. The zero-order chi connectivity index (χ0) is 19.2. The average molecular weight is 393 g/mol. The smallest absolute Gasteiger partial charge is 0.395 e. The molecule has 1 aliphatic heterocycles. The molecule has 0 unspecified atom stereocenters. The van der Waals surface area contributed by atoms with Gasteiger partial charge >= 0.3 is 6.29 Å². The predicted octanol–water partition coefficient (Wildman–Crippen LogP) is 2.98. The SMILES string of the molecule is CCc1cc2c(=O)n(CC(=O)Nc3ccc4c(c3)OC(F)(F)O4)cnc2s1. The third-order valence-electron chi connectivity index (χ3n) is 3.92. The van der Waals surface area contributed by atoms with E-state index in [0.29, 0.717) is 10.2 Å². The van der Waals surface area contributed by atoms with Crippen molar-refractivity contribution in [3.8, 4) is 11.5 Å². The van der Waals surface area contributed by atoms with Crippen molar-refractivity contribution in [1.29, 1.82) is 0 Å². The molecule has 3 heterocycles. The number of benzene rings is 1. The summed E-state index contributed by atoms with van der Waals surface area (Å²) in [6.45, 7) is 1.72. The fourth-order valence-electron chi connectivity index (χ4n) is 2.68. The molecule has 0 spiro atoms. The molecule has 0 saturated heterocycles. The third-order valence-corrected chi connectivity index (χ3v) is 5.10. The van der Waals surface area contributed by atoms with Crippen molar-refractivity contribution in [1.82, 2.24) is 9.55 Å². The number of hydrogen-bond acceptors (Lipinski definition) is 6. The summed E-state index contributed by atoms with van der Waals surface area (Å²) in [7, 11) is 0. The monoisotopic (exact) mass is 393 g/mol. The molecular weight excluding hydrogens is 380 g/mol. The Labute approximate surface area is 155 Å². The van der Waals surface area contributed by atoms with Crippen LogP contribution in [0.1, 0.15) is 11.8 Å². The Balaban J connectivity index is 1.51. The molecule has 0 aliphatic carbocycles. The number of carbonyl (C=O) groups excluding carboxylic acids is 1. The number of amides is 1. The molecule has 27 heavy (non-hydrogen) atoms. The molecule has 140 valence electrons. The van der Waals surface area contributed by atoms with Gasteiger partial charge in [0.1, 0.15) is 11.4 Å². The van der Waals surface area contributed by atoms with Crippen LogP contribution in [0.2, 0.25) is 0 Å². The summed E-state index contributed by atoms with van der Waals surface area (Å²) in [5.74, 6) is -0.800. The third kappa shape index (κ3) is 3.35. The maximum absolute atomic E-state index is 13.0. The number of thiophene rings is 1. The van der Waals surface area contributed by atoms with Crippen LogP contribution in [-0.2, 0) is 17.8 Å². The zero-order valence-electron chi connectivity index (χ0n) is 14.0. The van der Waals surface area contributed by atoms with E-state index in [1.807, 2.05) is 6.92 Å². The number of ether oxygens (including phenoxy) is 2. The van der Waals surface area contributed by atoms with E-state index in [-0.39, 0.29) is 29.3 Å². The van der Waals surface area contributed by atoms with Crippen molar-refractivity contribution in [3.63, 3.8) is 0 Å². The number of carbonyl (C=O) groups is 1. The molecular formula is C17H13F2N3O4S. The molecule has 0 saturated carbocycles. The highest BCUT2D eigenvalue weighted by atomic mass is 32.1. The molecule has 1 aliphatic rings. The Morgan fingerprint density at radius 2 is 2.07 bits per heavy atom. The minimum absolute atomic E-state index is 0.118. The van der Waals surface area contributed by atoms with Crippen LogP contribution in [0.15, 0.2) is 35.4 Å². The first-order chi connectivity index (χ1) is 12.8. The van der Waals surface area contributed by atoms with E-state index in [9.17, 15) is 18.4 Å². The molecule has 1 amide bonds. The minimum atomic E-state index is -3.72. The van der Waals surface area contributed by atoms with Gasteiger partial charge in [-0.1, -0.05) is 6.92 Å². The Bertz CT molecular complexity index is 1110. The molecule has 10 heteroatoms. The molecule has 0 atom stereocenters. The molecule has 1 N–H and O–H groups in total. The lowest BCUT2D eigenvalue weighted by atomic mass is 10.2. The van der Waals surface area contributed by atoms with Gasteiger partial charge in [-0.2, -0.15) is 0 Å². The highest BCUT2D eigenvalue weighted by Crippen LogP contribution is 2.42. The number of alkyl halides is 2. The lowest BCUT2D eigenvalue weighted by molar-refractivity contribution is -0.286. The summed E-state index contributed by atoms with van der Waals surface area (Å²) in [4.78, 5) is 30.6. The second-order valence-electron chi connectivity index (χ2n) is 5.84. The molecule has 3 aromatic rings. The number of anilines is 1. The highest BCUT2D eigenvalue weighted by Gasteiger charge is 2.43. The minimum Gasteiger partial charge on any atom is -0.395 e. The Morgan fingerprint density at radius 1 is 1.30 bits per heavy atom. The van der Waals surface area contributed by atoms with E-state index < -0.39 is 12.2 Å². The van der Waals surface area contributed by atoms with Crippen molar-refractivity contribution in [2.75, 3.05) is 5.32 Å². The van der Waals surface area contributed by atoms with Crippen molar-refractivity contribution < 1.29 is 23.0 Å². The standard InChI is InChI=1S/C17H13F2N3O4S/c1-2-10-6-11-15(27-10)20-8-22(16(11)24)7-14(23)21-9-3-4-12-13(5-9)26-17(18,19)25-12/h3-6,8H,2,7H2,1H3,(H,21,23). The van der Waals surface area contributed by atoms with Gasteiger partial charge in [0.05, 0.1) is 11.7 Å². The predicted molar refractivity (Wildman–Crippen MR) is 94.5 cm³/mol. The van der Waals surface area contributed by atoms with Crippen LogP contribution in [-0.4, -0.2) is 21.8 Å². The zero-order valence-corrected chi connectivity index (χ0v) is 14.8. The maximum atomic E-state index is 13.0. The fraction of sp³-hybridized carbons (Fsp3) is 0.235. The number of aryl methyl sites for hydroxylation is 1. The van der Waals surface area contributed by atoms with Crippen LogP contribution in [0, 0.1) is 0 Å². The van der Waals surface area contributed by atoms with Crippen LogP contribution in [0.5, 0.6) is 11.5 Å². The summed E-state index contributed by atoms with van der Waals surface area (Å²) in [6, 6.07) is 5.67. The summed E-state index contributed by atoms with van der Waals surface area (Å²) < 4.78 is 35.9. The summed E-state index contributed by atoms with van der Waals surface area (Å²) in [6.07, 6.45) is -1.61. The Morgan fingerprint density at radius 3 is 2.85 bits per heavy atom. The van der Waals surface area contributed by atoms with Gasteiger partial charge in [-0.15, -0.1) is 20.1 Å². The second-order valence-corrected chi connectivity index (χ2v) is 6.96. The summed E-state index contributed by atoms with van der Waals surface area (Å²) >= 11 is 1.44. The quantitative estimate of drug-likeness (QED) is 0.737. The molecule has 0 fully saturated rings. The number of rotatable bonds is 4. The summed E-state index contributed by atoms with van der Waals surface area (Å²) in [5.41, 5.74) is -0.0673. The van der Waals surface area contributed by atoms with E-state index >= 15 is 0 Å². The number of aromatic nitrogens is 2. The van der Waals surface area contributed by atoms with E-state index in [0.717, 1.165) is 11.3 Å².